The van der Waals surface area contributed by atoms with E-state index in [0.717, 1.165) is 32.1 Å². The highest BCUT2D eigenvalue weighted by Crippen LogP contribution is 2.27. The minimum absolute atomic E-state index is 0.126. The summed E-state index contributed by atoms with van der Waals surface area (Å²) in [6.45, 7) is 3.69. The molecule has 0 spiro atoms. The molecular formula is C15H28O5. The molecule has 1 unspecified atom stereocenters. The number of unbranched alkanes of at least 4 members (excludes halogenated alkanes) is 3. The van der Waals surface area contributed by atoms with Crippen LogP contribution in [0.4, 0.5) is 0 Å². The van der Waals surface area contributed by atoms with Gasteiger partial charge in [0.1, 0.15) is 0 Å². The Morgan fingerprint density at radius 3 is 2.55 bits per heavy atom. The molecule has 1 heterocycles. The van der Waals surface area contributed by atoms with Gasteiger partial charge >= 0.3 is 5.97 Å². The zero-order valence-electron chi connectivity index (χ0n) is 12.5. The zero-order chi connectivity index (χ0) is 15.2. The lowest BCUT2D eigenvalue weighted by Gasteiger charge is -2.19. The number of carbonyl (C=O) groups excluding carboxylic acids is 1. The van der Waals surface area contributed by atoms with Gasteiger partial charge in [-0.3, -0.25) is 4.79 Å². The summed E-state index contributed by atoms with van der Waals surface area (Å²) in [5, 5.41) is 28.8. The molecule has 0 radical (unpaired) electrons. The van der Waals surface area contributed by atoms with E-state index < -0.39 is 23.6 Å². The molecular weight excluding hydrogens is 260 g/mol. The lowest BCUT2D eigenvalue weighted by Crippen LogP contribution is -2.31. The zero-order valence-corrected chi connectivity index (χ0v) is 12.5. The van der Waals surface area contributed by atoms with E-state index in [-0.39, 0.29) is 19.1 Å². The molecule has 0 aromatic heterocycles. The summed E-state index contributed by atoms with van der Waals surface area (Å²) in [6.07, 6.45) is 4.39. The number of esters is 1. The summed E-state index contributed by atoms with van der Waals surface area (Å²) in [4.78, 5) is 11.5. The second-order valence-electron chi connectivity index (χ2n) is 6.43. The molecule has 5 nitrogen and oxygen atoms in total. The fourth-order valence-electron chi connectivity index (χ4n) is 2.66. The smallest absolute Gasteiger partial charge is 0.312 e. The highest BCUT2D eigenvalue weighted by atomic mass is 16.5. The van der Waals surface area contributed by atoms with E-state index >= 15 is 0 Å². The molecule has 20 heavy (non-hydrogen) atoms. The maximum atomic E-state index is 11.5. The second kappa shape index (κ2) is 7.96. The van der Waals surface area contributed by atoms with Crippen molar-refractivity contribution in [2.75, 3.05) is 13.2 Å². The molecule has 1 aliphatic heterocycles. The van der Waals surface area contributed by atoms with Gasteiger partial charge in [-0.15, -0.1) is 0 Å². The predicted molar refractivity (Wildman–Crippen MR) is 75.0 cm³/mol. The van der Waals surface area contributed by atoms with Crippen molar-refractivity contribution in [3.63, 3.8) is 0 Å². The van der Waals surface area contributed by atoms with Gasteiger partial charge < -0.3 is 20.1 Å². The van der Waals surface area contributed by atoms with Crippen molar-refractivity contribution >= 4 is 5.97 Å². The van der Waals surface area contributed by atoms with Crippen molar-refractivity contribution in [3.05, 3.63) is 0 Å². The predicted octanol–water partition coefficient (Wildman–Crippen LogP) is 1.24. The lowest BCUT2D eigenvalue weighted by atomic mass is 9.88. The van der Waals surface area contributed by atoms with Gasteiger partial charge in [-0.05, 0) is 26.7 Å². The van der Waals surface area contributed by atoms with Crippen LogP contribution in [0.1, 0.15) is 52.4 Å². The molecule has 1 saturated heterocycles. The van der Waals surface area contributed by atoms with Gasteiger partial charge in [0.05, 0.1) is 30.8 Å². The first kappa shape index (κ1) is 17.4. The maximum Gasteiger partial charge on any atom is 0.312 e. The molecule has 0 amide bonds. The van der Waals surface area contributed by atoms with E-state index in [9.17, 15) is 15.0 Å². The Kier molecular flexibility index (Phi) is 6.92. The van der Waals surface area contributed by atoms with E-state index in [1.165, 1.54) is 0 Å². The third-order valence-corrected chi connectivity index (χ3v) is 3.91. The van der Waals surface area contributed by atoms with Gasteiger partial charge in [-0.25, -0.2) is 0 Å². The van der Waals surface area contributed by atoms with Crippen molar-refractivity contribution in [1.29, 1.82) is 0 Å². The summed E-state index contributed by atoms with van der Waals surface area (Å²) in [5.74, 6) is -1.23. The van der Waals surface area contributed by atoms with Gasteiger partial charge in [-0.2, -0.15) is 0 Å². The highest BCUT2D eigenvalue weighted by molar-refractivity contribution is 5.75. The summed E-state index contributed by atoms with van der Waals surface area (Å²) < 4.78 is 4.89. The average molecular weight is 288 g/mol. The number of aliphatic hydroxyl groups excluding tert-OH is 2. The standard InChI is InChI=1S/C15H28O5/c1-15(2,19)8-6-4-3-5-7-12(17)13-11(9-16)10-20-14(13)18/h11-13,16-17,19H,3-10H2,1-2H3/t11-,12?,13+/m0/s1. The lowest BCUT2D eigenvalue weighted by molar-refractivity contribution is -0.144. The van der Waals surface area contributed by atoms with Crippen molar-refractivity contribution in [3.8, 4) is 0 Å². The third-order valence-electron chi connectivity index (χ3n) is 3.91. The Balaban J connectivity index is 2.16. The molecule has 3 atom stereocenters. The van der Waals surface area contributed by atoms with Crippen molar-refractivity contribution in [1.82, 2.24) is 0 Å². The average Bonchev–Trinajstić information content (AvgIpc) is 2.73. The fraction of sp³-hybridized carbons (Fsp3) is 0.933. The van der Waals surface area contributed by atoms with Gasteiger partial charge in [0, 0.05) is 5.92 Å². The van der Waals surface area contributed by atoms with Crippen LogP contribution in [0.5, 0.6) is 0 Å². The third kappa shape index (κ3) is 5.77. The number of ether oxygens (including phenoxy) is 1. The normalized spacial score (nSPS) is 24.8. The molecule has 0 bridgehead atoms. The first-order valence-electron chi connectivity index (χ1n) is 7.53. The molecule has 1 aliphatic rings. The number of cyclic esters (lactones) is 1. The van der Waals surface area contributed by atoms with E-state index in [1.54, 1.807) is 13.8 Å². The summed E-state index contributed by atoms with van der Waals surface area (Å²) in [6, 6.07) is 0. The quantitative estimate of drug-likeness (QED) is 0.439. The van der Waals surface area contributed by atoms with Crippen LogP contribution in [-0.4, -0.2) is 46.2 Å². The van der Waals surface area contributed by atoms with E-state index in [0.29, 0.717) is 6.42 Å². The van der Waals surface area contributed by atoms with E-state index in [1.807, 2.05) is 0 Å². The van der Waals surface area contributed by atoms with Crippen molar-refractivity contribution in [2.45, 2.75) is 64.1 Å². The molecule has 118 valence electrons. The van der Waals surface area contributed by atoms with E-state index in [4.69, 9.17) is 9.84 Å². The van der Waals surface area contributed by atoms with Crippen LogP contribution in [-0.2, 0) is 9.53 Å². The molecule has 0 aromatic carbocycles. The van der Waals surface area contributed by atoms with E-state index in [2.05, 4.69) is 0 Å². The largest absolute Gasteiger partial charge is 0.465 e. The van der Waals surface area contributed by atoms with Gasteiger partial charge in [0.2, 0.25) is 0 Å². The molecule has 0 aliphatic carbocycles. The first-order valence-corrected chi connectivity index (χ1v) is 7.53. The second-order valence-corrected chi connectivity index (χ2v) is 6.43. The maximum absolute atomic E-state index is 11.5. The molecule has 0 aromatic rings. The molecule has 5 heteroatoms. The Bertz CT molecular complexity index is 297. The first-order chi connectivity index (χ1) is 9.35. The fourth-order valence-corrected chi connectivity index (χ4v) is 2.66. The summed E-state index contributed by atoms with van der Waals surface area (Å²) in [5.41, 5.74) is -0.610. The molecule has 1 fully saturated rings. The monoisotopic (exact) mass is 288 g/mol. The number of hydrogen-bond acceptors (Lipinski definition) is 5. The number of aliphatic hydroxyl groups is 3. The van der Waals surface area contributed by atoms with Gasteiger partial charge in [-0.1, -0.05) is 25.7 Å². The molecule has 1 rings (SSSR count). The topological polar surface area (TPSA) is 87.0 Å². The minimum atomic E-state index is -0.726. The number of carbonyl (C=O) groups is 1. The Morgan fingerprint density at radius 1 is 1.30 bits per heavy atom. The Morgan fingerprint density at radius 2 is 1.95 bits per heavy atom. The number of rotatable bonds is 9. The van der Waals surface area contributed by atoms with Crippen LogP contribution < -0.4 is 0 Å². The van der Waals surface area contributed by atoms with Gasteiger partial charge in [0.25, 0.3) is 0 Å². The van der Waals surface area contributed by atoms with Crippen molar-refractivity contribution in [2.24, 2.45) is 11.8 Å². The van der Waals surface area contributed by atoms with Crippen LogP contribution in [0.2, 0.25) is 0 Å². The molecule has 3 N–H and O–H groups in total. The minimum Gasteiger partial charge on any atom is -0.465 e. The van der Waals surface area contributed by atoms with Crippen molar-refractivity contribution < 1.29 is 24.9 Å². The van der Waals surface area contributed by atoms with Crippen LogP contribution in [0.3, 0.4) is 0 Å². The Hall–Kier alpha value is -0.650. The van der Waals surface area contributed by atoms with Crippen LogP contribution in [0.25, 0.3) is 0 Å². The summed E-state index contributed by atoms with van der Waals surface area (Å²) >= 11 is 0. The summed E-state index contributed by atoms with van der Waals surface area (Å²) in [7, 11) is 0. The SMILES string of the molecule is CC(C)(O)CCCCCCC(O)[C@@H]1C(=O)OC[C@@H]1CO. The van der Waals surface area contributed by atoms with Gasteiger partial charge in [0.15, 0.2) is 0 Å². The highest BCUT2D eigenvalue weighted by Gasteiger charge is 2.41. The molecule has 0 saturated carbocycles. The van der Waals surface area contributed by atoms with Crippen LogP contribution in [0, 0.1) is 11.8 Å². The number of hydrogen-bond donors (Lipinski definition) is 3. The van der Waals surface area contributed by atoms with Crippen LogP contribution >= 0.6 is 0 Å². The Labute approximate surface area is 121 Å². The van der Waals surface area contributed by atoms with Crippen LogP contribution in [0.15, 0.2) is 0 Å².